The first-order chi connectivity index (χ1) is 15.5. The molecule has 1 aliphatic rings. The van der Waals surface area contributed by atoms with Crippen molar-refractivity contribution in [3.8, 4) is 11.5 Å². The van der Waals surface area contributed by atoms with Gasteiger partial charge in [-0.25, -0.2) is 0 Å². The molecule has 0 saturated carbocycles. The Hall–Kier alpha value is -3.51. The molecule has 0 spiro atoms. The van der Waals surface area contributed by atoms with Crippen molar-refractivity contribution in [1.29, 1.82) is 0 Å². The number of hydrogen-bond acceptors (Lipinski definition) is 4. The van der Waals surface area contributed by atoms with Crippen molar-refractivity contribution in [2.45, 2.75) is 26.1 Å². The minimum Gasteiger partial charge on any atom is -0.496 e. The molecule has 1 heterocycles. The van der Waals surface area contributed by atoms with Crippen molar-refractivity contribution in [1.82, 2.24) is 4.90 Å². The van der Waals surface area contributed by atoms with E-state index >= 15 is 0 Å². The molecule has 7 heteroatoms. The van der Waals surface area contributed by atoms with E-state index in [1.54, 1.807) is 55.3 Å². The molecule has 164 valence electrons. The van der Waals surface area contributed by atoms with Gasteiger partial charge >= 0.3 is 0 Å². The van der Waals surface area contributed by atoms with Crippen LogP contribution in [0.3, 0.4) is 0 Å². The Labute approximate surface area is 191 Å². The topological polar surface area (TPSA) is 67.9 Å². The van der Waals surface area contributed by atoms with Gasteiger partial charge in [0.1, 0.15) is 11.5 Å². The lowest BCUT2D eigenvalue weighted by Crippen LogP contribution is -2.37. The molecule has 4 rings (SSSR count). The second-order valence-electron chi connectivity index (χ2n) is 7.52. The Morgan fingerprint density at radius 1 is 1.16 bits per heavy atom. The lowest BCUT2D eigenvalue weighted by Gasteiger charge is -2.23. The maximum absolute atomic E-state index is 13.0. The average Bonchev–Trinajstić information content (AvgIpc) is 2.90. The highest BCUT2D eigenvalue weighted by Crippen LogP contribution is 2.31. The number of hydrogen-bond donors (Lipinski definition) is 1. The number of nitrogens with zero attached hydrogens (tertiary/aromatic N) is 1. The van der Waals surface area contributed by atoms with Crippen molar-refractivity contribution in [3.05, 3.63) is 88.4 Å². The van der Waals surface area contributed by atoms with Crippen LogP contribution in [-0.4, -0.2) is 29.9 Å². The summed E-state index contributed by atoms with van der Waals surface area (Å²) in [5.41, 5.74) is 2.69. The Bertz CT molecular complexity index is 1160. The smallest absolute Gasteiger partial charge is 0.263 e. The van der Waals surface area contributed by atoms with Gasteiger partial charge in [-0.1, -0.05) is 41.9 Å². The number of nitrogens with one attached hydrogen (secondary N) is 1. The van der Waals surface area contributed by atoms with E-state index in [1.165, 1.54) is 0 Å². The van der Waals surface area contributed by atoms with Gasteiger partial charge in [-0.05, 0) is 43.3 Å². The monoisotopic (exact) mass is 450 g/mol. The molecule has 2 amide bonds. The van der Waals surface area contributed by atoms with Gasteiger partial charge in [0.2, 0.25) is 0 Å². The fourth-order valence-corrected chi connectivity index (χ4v) is 3.92. The molecule has 1 aliphatic heterocycles. The SMILES string of the molecule is COc1ccccc1CN1Cc2cc(NC(=O)c3ccccc3Cl)ccc2O[C@H](C)C1=O. The summed E-state index contributed by atoms with van der Waals surface area (Å²) < 4.78 is 11.3. The van der Waals surface area contributed by atoms with E-state index in [0.29, 0.717) is 35.1 Å². The summed E-state index contributed by atoms with van der Waals surface area (Å²) in [6, 6.07) is 19.8. The lowest BCUT2D eigenvalue weighted by molar-refractivity contribution is -0.138. The molecular formula is C25H23ClN2O4. The highest BCUT2D eigenvalue weighted by Gasteiger charge is 2.28. The van der Waals surface area contributed by atoms with E-state index in [4.69, 9.17) is 21.1 Å². The van der Waals surface area contributed by atoms with Crippen molar-refractivity contribution >= 4 is 29.1 Å². The summed E-state index contributed by atoms with van der Waals surface area (Å²) >= 11 is 6.14. The molecule has 1 atom stereocenters. The Morgan fingerprint density at radius 3 is 2.69 bits per heavy atom. The average molecular weight is 451 g/mol. The van der Waals surface area contributed by atoms with Crippen LogP contribution in [0.4, 0.5) is 5.69 Å². The number of benzene rings is 3. The molecule has 0 radical (unpaired) electrons. The van der Waals surface area contributed by atoms with Gasteiger partial charge in [-0.2, -0.15) is 0 Å². The number of anilines is 1. The minimum atomic E-state index is -0.630. The zero-order valence-electron chi connectivity index (χ0n) is 17.8. The van der Waals surface area contributed by atoms with Crippen LogP contribution in [0.15, 0.2) is 66.7 Å². The number of methoxy groups -OCH3 is 1. The van der Waals surface area contributed by atoms with E-state index in [1.807, 2.05) is 30.3 Å². The van der Waals surface area contributed by atoms with Crippen LogP contribution in [0, 0.1) is 0 Å². The van der Waals surface area contributed by atoms with Gasteiger partial charge in [-0.15, -0.1) is 0 Å². The predicted molar refractivity (Wildman–Crippen MR) is 123 cm³/mol. The summed E-state index contributed by atoms with van der Waals surface area (Å²) in [5, 5.41) is 3.25. The van der Waals surface area contributed by atoms with Gasteiger partial charge in [0, 0.05) is 29.9 Å². The molecular weight excluding hydrogens is 428 g/mol. The fourth-order valence-electron chi connectivity index (χ4n) is 3.69. The van der Waals surface area contributed by atoms with Gasteiger partial charge in [-0.3, -0.25) is 9.59 Å². The van der Waals surface area contributed by atoms with Crippen LogP contribution in [0.25, 0.3) is 0 Å². The molecule has 0 saturated heterocycles. The van der Waals surface area contributed by atoms with Crippen LogP contribution < -0.4 is 14.8 Å². The van der Waals surface area contributed by atoms with Gasteiger partial charge in [0.05, 0.1) is 17.7 Å². The number of carbonyl (C=O) groups is 2. The summed E-state index contributed by atoms with van der Waals surface area (Å²) in [4.78, 5) is 27.4. The maximum atomic E-state index is 13.0. The van der Waals surface area contributed by atoms with Crippen LogP contribution in [0.1, 0.15) is 28.4 Å². The highest BCUT2D eigenvalue weighted by atomic mass is 35.5. The first kappa shape index (κ1) is 21.7. The van der Waals surface area contributed by atoms with E-state index in [-0.39, 0.29) is 11.8 Å². The number of halogens is 1. The first-order valence-corrected chi connectivity index (χ1v) is 10.6. The van der Waals surface area contributed by atoms with Crippen molar-refractivity contribution < 1.29 is 19.1 Å². The second kappa shape index (κ2) is 9.32. The molecule has 0 bridgehead atoms. The quantitative estimate of drug-likeness (QED) is 0.599. The van der Waals surface area contributed by atoms with Crippen LogP contribution in [0.2, 0.25) is 5.02 Å². The van der Waals surface area contributed by atoms with E-state index in [0.717, 1.165) is 16.9 Å². The van der Waals surface area contributed by atoms with Gasteiger partial charge < -0.3 is 19.7 Å². The minimum absolute atomic E-state index is 0.117. The molecule has 6 nitrogen and oxygen atoms in total. The van der Waals surface area contributed by atoms with E-state index < -0.39 is 6.10 Å². The van der Waals surface area contributed by atoms with Crippen LogP contribution >= 0.6 is 11.6 Å². The molecule has 3 aromatic rings. The van der Waals surface area contributed by atoms with Crippen molar-refractivity contribution in [2.75, 3.05) is 12.4 Å². The third kappa shape index (κ3) is 4.55. The van der Waals surface area contributed by atoms with Gasteiger partial charge in [0.15, 0.2) is 6.10 Å². The number of fused-ring (bicyclic) bond motifs is 1. The van der Waals surface area contributed by atoms with Crippen molar-refractivity contribution in [3.63, 3.8) is 0 Å². The van der Waals surface area contributed by atoms with Crippen molar-refractivity contribution in [2.24, 2.45) is 0 Å². The Morgan fingerprint density at radius 2 is 1.91 bits per heavy atom. The largest absolute Gasteiger partial charge is 0.496 e. The summed E-state index contributed by atoms with van der Waals surface area (Å²) in [6.07, 6.45) is -0.630. The third-order valence-electron chi connectivity index (χ3n) is 5.31. The van der Waals surface area contributed by atoms with Crippen LogP contribution in [-0.2, 0) is 17.9 Å². The third-order valence-corrected chi connectivity index (χ3v) is 5.64. The van der Waals surface area contributed by atoms with E-state index in [2.05, 4.69) is 5.32 Å². The number of ether oxygens (including phenoxy) is 2. The first-order valence-electron chi connectivity index (χ1n) is 10.2. The van der Waals surface area contributed by atoms with Gasteiger partial charge in [0.25, 0.3) is 11.8 Å². The maximum Gasteiger partial charge on any atom is 0.263 e. The molecule has 0 fully saturated rings. The molecule has 0 unspecified atom stereocenters. The zero-order valence-corrected chi connectivity index (χ0v) is 18.6. The summed E-state index contributed by atoms with van der Waals surface area (Å²) in [6.45, 7) is 2.46. The summed E-state index contributed by atoms with van der Waals surface area (Å²) in [5.74, 6) is 0.914. The molecule has 0 aliphatic carbocycles. The molecule has 0 aromatic heterocycles. The normalized spacial score (nSPS) is 15.4. The fraction of sp³-hybridized carbons (Fsp3) is 0.200. The molecule has 1 N–H and O–H groups in total. The standard InChI is InChI=1S/C25H23ClN2O4/c1-16-25(30)28(14-17-7-3-6-10-22(17)31-2)15-18-13-19(11-12-23(18)32-16)27-24(29)20-8-4-5-9-21(20)26/h3-13,16H,14-15H2,1-2H3,(H,27,29)/t16-/m1/s1. The van der Waals surface area contributed by atoms with Crippen LogP contribution in [0.5, 0.6) is 11.5 Å². The summed E-state index contributed by atoms with van der Waals surface area (Å²) in [7, 11) is 1.61. The molecule has 3 aromatic carbocycles. The predicted octanol–water partition coefficient (Wildman–Crippen LogP) is 4.91. The second-order valence-corrected chi connectivity index (χ2v) is 7.93. The number of amides is 2. The zero-order chi connectivity index (χ0) is 22.7. The highest BCUT2D eigenvalue weighted by molar-refractivity contribution is 6.34. The number of rotatable bonds is 5. The number of para-hydroxylation sites is 1. The Balaban J connectivity index is 1.59. The number of carbonyl (C=O) groups excluding carboxylic acids is 2. The van der Waals surface area contributed by atoms with E-state index in [9.17, 15) is 9.59 Å². The lowest BCUT2D eigenvalue weighted by atomic mass is 10.1. The molecule has 32 heavy (non-hydrogen) atoms. The Kier molecular flexibility index (Phi) is 6.32.